The van der Waals surface area contributed by atoms with Gasteiger partial charge in [0.1, 0.15) is 12.0 Å². The van der Waals surface area contributed by atoms with E-state index in [0.29, 0.717) is 46.7 Å². The molecule has 13 heteroatoms. The minimum atomic E-state index is -0.490. The number of hydrogen-bond acceptors (Lipinski definition) is 8. The molecule has 7 rings (SSSR count). The summed E-state index contributed by atoms with van der Waals surface area (Å²) in [5.74, 6) is 5.34. The van der Waals surface area contributed by atoms with Gasteiger partial charge in [0.15, 0.2) is 0 Å². The van der Waals surface area contributed by atoms with Crippen LogP contribution in [0.15, 0.2) is 67.0 Å². The van der Waals surface area contributed by atoms with Gasteiger partial charge >= 0.3 is 0 Å². The fourth-order valence-electron chi connectivity index (χ4n) is 7.92. The molecule has 1 fully saturated rings. The number of piperidine rings is 1. The first-order valence-electron chi connectivity index (χ1n) is 19.8. The Labute approximate surface area is 348 Å². The summed E-state index contributed by atoms with van der Waals surface area (Å²) in [5, 5.41) is 9.45. The number of carbonyl (C=O) groups excluding carboxylic acids is 5. The molecule has 4 amide bonds. The second kappa shape index (κ2) is 17.7. The predicted octanol–water partition coefficient (Wildman–Crippen LogP) is 6.67. The van der Waals surface area contributed by atoms with Crippen molar-refractivity contribution in [1.29, 1.82) is 0 Å². The van der Waals surface area contributed by atoms with E-state index >= 15 is 0 Å². The summed E-state index contributed by atoms with van der Waals surface area (Å²) in [4.78, 5) is 73.6. The van der Waals surface area contributed by atoms with Gasteiger partial charge in [0.25, 0.3) is 11.8 Å². The second-order valence-electron chi connectivity index (χ2n) is 15.2. The fraction of sp³-hybridized carbons (Fsp3) is 0.304. The average Bonchev–Trinajstić information content (AvgIpc) is 3.67. The highest BCUT2D eigenvalue weighted by atomic mass is 35.5. The zero-order valence-corrected chi connectivity index (χ0v) is 34.3. The number of pyridine rings is 1. The molecule has 0 spiro atoms. The van der Waals surface area contributed by atoms with Crippen LogP contribution in [0.2, 0.25) is 5.02 Å². The second-order valence-corrected chi connectivity index (χ2v) is 15.6. The van der Waals surface area contributed by atoms with Gasteiger partial charge in [-0.3, -0.25) is 39.2 Å². The molecule has 2 aliphatic rings. The summed E-state index contributed by atoms with van der Waals surface area (Å²) in [7, 11) is 3.42. The Bertz CT molecular complexity index is 2530. The highest BCUT2D eigenvalue weighted by Crippen LogP contribution is 2.42. The molecule has 1 unspecified atom stereocenters. The van der Waals surface area contributed by atoms with Crippen LogP contribution >= 0.6 is 11.6 Å². The average molecular weight is 812 g/mol. The summed E-state index contributed by atoms with van der Waals surface area (Å²) in [6.45, 7) is 5.68. The Hall–Kier alpha value is -6.29. The first-order chi connectivity index (χ1) is 28.5. The normalized spacial score (nSPS) is 15.1. The lowest BCUT2D eigenvalue weighted by molar-refractivity contribution is -0.137. The van der Waals surface area contributed by atoms with Gasteiger partial charge in [0.2, 0.25) is 11.8 Å². The third-order valence-electron chi connectivity index (χ3n) is 11.1. The van der Waals surface area contributed by atoms with Gasteiger partial charge in [-0.15, -0.1) is 0 Å². The van der Waals surface area contributed by atoms with Gasteiger partial charge < -0.3 is 20.5 Å². The van der Waals surface area contributed by atoms with Gasteiger partial charge in [0, 0.05) is 96.4 Å². The molecule has 59 heavy (non-hydrogen) atoms. The summed E-state index contributed by atoms with van der Waals surface area (Å²) in [5.41, 5.74) is 9.59. The van der Waals surface area contributed by atoms with Crippen LogP contribution in [0.4, 0.5) is 11.4 Å². The van der Waals surface area contributed by atoms with E-state index in [0.717, 1.165) is 70.2 Å². The first kappa shape index (κ1) is 40.9. The van der Waals surface area contributed by atoms with Crippen LogP contribution in [0, 0.1) is 11.8 Å². The van der Waals surface area contributed by atoms with Crippen molar-refractivity contribution in [1.82, 2.24) is 30.8 Å². The summed E-state index contributed by atoms with van der Waals surface area (Å²) in [6.07, 6.45) is 7.03. The molecule has 5 aromatic rings. The number of H-pyrrole nitrogens is 1. The van der Waals surface area contributed by atoms with Crippen molar-refractivity contribution in [3.8, 4) is 23.0 Å². The van der Waals surface area contributed by atoms with Crippen molar-refractivity contribution in [2.75, 3.05) is 32.1 Å². The number of aryl methyl sites for hydroxylation is 1. The van der Waals surface area contributed by atoms with Gasteiger partial charge in [-0.1, -0.05) is 55.5 Å². The first-order valence-corrected chi connectivity index (χ1v) is 20.2. The SMILES string of the molecule is CNC(=O)c1c[nH]c2c(C(C)C)cc(N3CCCc4cc(-c5ccc(C(=O)NCCC#Cc6cccc(C=O)c6CN(C)C6CCC(=O)NC6=O)nc5)c(Cl)cc43)cc12. The van der Waals surface area contributed by atoms with Crippen molar-refractivity contribution < 1.29 is 24.0 Å². The largest absolute Gasteiger partial charge is 0.360 e. The van der Waals surface area contributed by atoms with Crippen LogP contribution < -0.4 is 20.9 Å². The van der Waals surface area contributed by atoms with E-state index in [4.69, 9.17) is 11.6 Å². The van der Waals surface area contributed by atoms with E-state index in [2.05, 4.69) is 74.7 Å². The van der Waals surface area contributed by atoms with Crippen molar-refractivity contribution >= 4 is 63.8 Å². The zero-order valence-electron chi connectivity index (χ0n) is 33.5. The zero-order chi connectivity index (χ0) is 41.8. The van der Waals surface area contributed by atoms with Crippen molar-refractivity contribution in [2.45, 2.75) is 64.5 Å². The quantitative estimate of drug-likeness (QED) is 0.0499. The number of benzene rings is 3. The number of nitrogens with zero attached hydrogens (tertiary/aromatic N) is 3. The number of aldehydes is 1. The molecule has 4 N–H and O–H groups in total. The Morgan fingerprint density at radius 1 is 1.10 bits per heavy atom. The third kappa shape index (κ3) is 8.63. The molecule has 2 aliphatic heterocycles. The highest BCUT2D eigenvalue weighted by molar-refractivity contribution is 6.33. The molecule has 3 aromatic carbocycles. The number of carbonyl (C=O) groups is 5. The van der Waals surface area contributed by atoms with Crippen LogP contribution in [-0.2, 0) is 22.6 Å². The number of hydrogen-bond donors (Lipinski definition) is 4. The van der Waals surface area contributed by atoms with Gasteiger partial charge in [-0.25, -0.2) is 0 Å². The number of rotatable bonds is 11. The molecule has 4 heterocycles. The maximum Gasteiger partial charge on any atom is 0.269 e. The van der Waals surface area contributed by atoms with Crippen molar-refractivity contribution in [3.63, 3.8) is 0 Å². The highest BCUT2D eigenvalue weighted by Gasteiger charge is 2.30. The van der Waals surface area contributed by atoms with Crippen LogP contribution in [0.25, 0.3) is 22.0 Å². The minimum absolute atomic E-state index is 0.138. The summed E-state index contributed by atoms with van der Waals surface area (Å²) >= 11 is 6.98. The molecule has 0 aliphatic carbocycles. The van der Waals surface area contributed by atoms with Crippen molar-refractivity contribution in [3.05, 3.63) is 111 Å². The lowest BCUT2D eigenvalue weighted by Gasteiger charge is -2.33. The molecule has 1 saturated heterocycles. The van der Waals surface area contributed by atoms with E-state index in [1.807, 2.05) is 23.1 Å². The maximum atomic E-state index is 13.0. The molecule has 0 saturated carbocycles. The minimum Gasteiger partial charge on any atom is -0.360 e. The van der Waals surface area contributed by atoms with E-state index in [1.54, 1.807) is 44.7 Å². The van der Waals surface area contributed by atoms with Gasteiger partial charge in [0.05, 0.1) is 16.6 Å². The molecule has 2 aromatic heterocycles. The Morgan fingerprint density at radius 2 is 1.93 bits per heavy atom. The summed E-state index contributed by atoms with van der Waals surface area (Å²) in [6, 6.07) is 16.7. The lowest BCUT2D eigenvalue weighted by atomic mass is 9.94. The molecular weight excluding hydrogens is 766 g/mol. The van der Waals surface area contributed by atoms with Crippen LogP contribution in [-0.4, -0.2) is 78.0 Å². The van der Waals surface area contributed by atoms with E-state index in [-0.39, 0.29) is 48.2 Å². The number of imide groups is 1. The van der Waals surface area contributed by atoms with Gasteiger partial charge in [-0.2, -0.15) is 0 Å². The lowest BCUT2D eigenvalue weighted by Crippen LogP contribution is -2.51. The van der Waals surface area contributed by atoms with E-state index in [9.17, 15) is 24.0 Å². The molecule has 12 nitrogen and oxygen atoms in total. The Balaban J connectivity index is 1.01. The summed E-state index contributed by atoms with van der Waals surface area (Å²) < 4.78 is 0. The number of halogens is 1. The number of anilines is 2. The number of likely N-dealkylation sites (N-methyl/N-ethyl adjacent to an activating group) is 1. The molecule has 1 atom stereocenters. The number of aromatic amines is 1. The van der Waals surface area contributed by atoms with Crippen LogP contribution in [0.1, 0.15) is 98.9 Å². The monoisotopic (exact) mass is 811 g/mol. The topological polar surface area (TPSA) is 157 Å². The smallest absolute Gasteiger partial charge is 0.269 e. The van der Waals surface area contributed by atoms with Gasteiger partial charge in [-0.05, 0) is 85.3 Å². The van der Waals surface area contributed by atoms with E-state index < -0.39 is 6.04 Å². The number of aromatic nitrogens is 2. The Morgan fingerprint density at radius 3 is 2.66 bits per heavy atom. The number of nitrogens with one attached hydrogen (secondary N) is 4. The predicted molar refractivity (Wildman–Crippen MR) is 229 cm³/mol. The Kier molecular flexibility index (Phi) is 12.3. The fourth-order valence-corrected chi connectivity index (χ4v) is 8.19. The standard InChI is InChI=1S/C46H46ClN7O5/c1-27(2)33-20-32(21-35-36(44(57)48-3)24-51-43(33)35)54-18-8-12-29-19-34(38(47)22-41(29)54)30-13-14-39(50-23-30)45(58)49-17-6-5-9-28-10-7-11-31(26-55)37(28)25-53(4)40-15-16-42(56)52-46(40)59/h7,10-11,13-14,19-24,26-27,40,51H,6,8,12,15-18,25H2,1-4H3,(H,48,57)(H,49,58)(H,52,56,59). The number of amides is 4. The molecule has 0 bridgehead atoms. The van der Waals surface area contributed by atoms with E-state index in [1.165, 1.54) is 0 Å². The molecular formula is C46H46ClN7O5. The van der Waals surface area contributed by atoms with Crippen LogP contribution in [0.3, 0.4) is 0 Å². The molecule has 0 radical (unpaired) electrons. The van der Waals surface area contributed by atoms with Crippen LogP contribution in [0.5, 0.6) is 0 Å². The third-order valence-corrected chi connectivity index (χ3v) is 11.4. The molecule has 302 valence electrons. The maximum absolute atomic E-state index is 13.0. The number of fused-ring (bicyclic) bond motifs is 2. The van der Waals surface area contributed by atoms with Crippen molar-refractivity contribution in [2.24, 2.45) is 0 Å².